The Morgan fingerprint density at radius 2 is 2.30 bits per heavy atom. The first-order chi connectivity index (χ1) is 4.66. The molecule has 0 radical (unpaired) electrons. The first-order valence-electron chi connectivity index (χ1n) is 3.05. The van der Waals surface area contributed by atoms with Gasteiger partial charge in [-0.2, -0.15) is 5.10 Å². The number of aliphatic hydroxyl groups excluding tert-OH is 1. The molecule has 0 amide bonds. The average molecular weight is 141 g/mol. The lowest BCUT2D eigenvalue weighted by molar-refractivity contribution is 0.275. The van der Waals surface area contributed by atoms with Crippen LogP contribution in [0.25, 0.3) is 0 Å². The second-order valence-electron chi connectivity index (χ2n) is 2.24. The highest BCUT2D eigenvalue weighted by Crippen LogP contribution is 2.12. The number of hydrogen-bond donors (Lipinski definition) is 2. The third kappa shape index (κ3) is 0.863. The van der Waals surface area contributed by atoms with E-state index in [1.54, 1.807) is 11.7 Å². The third-order valence-corrected chi connectivity index (χ3v) is 1.59. The fourth-order valence-corrected chi connectivity index (χ4v) is 0.851. The lowest BCUT2D eigenvalue weighted by Crippen LogP contribution is -1.97. The fraction of sp³-hybridized carbons (Fsp3) is 0.500. The highest BCUT2D eigenvalue weighted by Gasteiger charge is 2.06. The van der Waals surface area contributed by atoms with Gasteiger partial charge >= 0.3 is 0 Å². The average Bonchev–Trinajstić information content (AvgIpc) is 2.17. The van der Waals surface area contributed by atoms with Crippen LogP contribution in [0.3, 0.4) is 0 Å². The molecular formula is C6H11N3O. The van der Waals surface area contributed by atoms with Gasteiger partial charge in [0.25, 0.3) is 0 Å². The van der Waals surface area contributed by atoms with Gasteiger partial charge in [0, 0.05) is 12.6 Å². The molecule has 10 heavy (non-hydrogen) atoms. The molecule has 0 aliphatic rings. The minimum Gasteiger partial charge on any atom is -0.390 e. The Bertz CT molecular complexity index is 241. The quantitative estimate of drug-likeness (QED) is 0.569. The van der Waals surface area contributed by atoms with Crippen molar-refractivity contribution in [1.82, 2.24) is 9.78 Å². The second kappa shape index (κ2) is 2.30. The fourth-order valence-electron chi connectivity index (χ4n) is 0.851. The van der Waals surface area contributed by atoms with Gasteiger partial charge in [0.1, 0.15) is 5.82 Å². The number of aryl methyl sites for hydroxylation is 1. The molecule has 0 saturated heterocycles. The van der Waals surface area contributed by atoms with Crippen LogP contribution in [0.4, 0.5) is 5.82 Å². The van der Waals surface area contributed by atoms with E-state index >= 15 is 0 Å². The van der Waals surface area contributed by atoms with Gasteiger partial charge in [-0.25, -0.2) is 0 Å². The van der Waals surface area contributed by atoms with Crippen LogP contribution in [0.1, 0.15) is 11.3 Å². The van der Waals surface area contributed by atoms with Crippen molar-refractivity contribution in [3.05, 3.63) is 11.3 Å². The zero-order valence-corrected chi connectivity index (χ0v) is 6.13. The molecule has 0 unspecified atom stereocenters. The summed E-state index contributed by atoms with van der Waals surface area (Å²) in [7, 11) is 1.75. The summed E-state index contributed by atoms with van der Waals surface area (Å²) >= 11 is 0. The van der Waals surface area contributed by atoms with E-state index in [0.717, 1.165) is 5.56 Å². The monoisotopic (exact) mass is 141 g/mol. The van der Waals surface area contributed by atoms with Crippen molar-refractivity contribution in [2.75, 3.05) is 5.73 Å². The van der Waals surface area contributed by atoms with Gasteiger partial charge in [-0.1, -0.05) is 0 Å². The summed E-state index contributed by atoms with van der Waals surface area (Å²) in [5.74, 6) is 0.615. The minimum atomic E-state index is -0.0448. The van der Waals surface area contributed by atoms with Crippen LogP contribution in [0, 0.1) is 6.92 Å². The summed E-state index contributed by atoms with van der Waals surface area (Å²) in [4.78, 5) is 0. The van der Waals surface area contributed by atoms with Crippen LogP contribution in [-0.4, -0.2) is 14.9 Å². The smallest absolute Gasteiger partial charge is 0.124 e. The van der Waals surface area contributed by atoms with Crippen molar-refractivity contribution in [1.29, 1.82) is 0 Å². The van der Waals surface area contributed by atoms with Gasteiger partial charge < -0.3 is 10.8 Å². The Balaban J connectivity index is 3.17. The molecule has 4 nitrogen and oxygen atoms in total. The first-order valence-corrected chi connectivity index (χ1v) is 3.05. The molecule has 56 valence electrons. The Morgan fingerprint density at radius 1 is 1.70 bits per heavy atom. The molecule has 0 spiro atoms. The number of rotatable bonds is 1. The van der Waals surface area contributed by atoms with Gasteiger partial charge in [-0.15, -0.1) is 0 Å². The highest BCUT2D eigenvalue weighted by molar-refractivity contribution is 5.41. The van der Waals surface area contributed by atoms with Gasteiger partial charge in [0.05, 0.1) is 12.3 Å². The number of anilines is 1. The predicted molar refractivity (Wildman–Crippen MR) is 38.3 cm³/mol. The van der Waals surface area contributed by atoms with Crippen molar-refractivity contribution < 1.29 is 5.11 Å². The Labute approximate surface area is 59.3 Å². The van der Waals surface area contributed by atoms with Crippen molar-refractivity contribution in [3.63, 3.8) is 0 Å². The number of aromatic nitrogens is 2. The summed E-state index contributed by atoms with van der Waals surface area (Å²) in [6.45, 7) is 1.80. The summed E-state index contributed by atoms with van der Waals surface area (Å²) in [5, 5.41) is 12.7. The number of hydrogen-bond acceptors (Lipinski definition) is 3. The largest absolute Gasteiger partial charge is 0.390 e. The molecule has 1 heterocycles. The van der Waals surface area contributed by atoms with Gasteiger partial charge in [0.2, 0.25) is 0 Å². The lowest BCUT2D eigenvalue weighted by atomic mass is 10.3. The van der Waals surface area contributed by atoms with Gasteiger partial charge in [-0.05, 0) is 6.92 Å². The molecule has 0 aromatic carbocycles. The molecule has 3 N–H and O–H groups in total. The normalized spacial score (nSPS) is 10.3. The van der Waals surface area contributed by atoms with Crippen LogP contribution in [-0.2, 0) is 13.7 Å². The standard InChI is InChI=1S/C6H11N3O/c1-4-5(3-10)8-9(2)6(4)7/h10H,3,7H2,1-2H3. The van der Waals surface area contributed by atoms with Crippen LogP contribution in [0.15, 0.2) is 0 Å². The molecule has 0 atom stereocenters. The van der Waals surface area contributed by atoms with E-state index in [1.165, 1.54) is 0 Å². The number of nitrogens with zero attached hydrogens (tertiary/aromatic N) is 2. The van der Waals surface area contributed by atoms with Gasteiger partial charge in [-0.3, -0.25) is 4.68 Å². The van der Waals surface area contributed by atoms with Crippen molar-refractivity contribution in [2.24, 2.45) is 7.05 Å². The molecule has 4 heteroatoms. The molecule has 0 bridgehead atoms. The lowest BCUT2D eigenvalue weighted by Gasteiger charge is -1.91. The van der Waals surface area contributed by atoms with Crippen molar-refractivity contribution in [2.45, 2.75) is 13.5 Å². The third-order valence-electron chi connectivity index (χ3n) is 1.59. The first kappa shape index (κ1) is 7.08. The Morgan fingerprint density at radius 3 is 2.50 bits per heavy atom. The summed E-state index contributed by atoms with van der Waals surface area (Å²) < 4.78 is 1.56. The van der Waals surface area contributed by atoms with E-state index in [0.29, 0.717) is 11.5 Å². The highest BCUT2D eigenvalue weighted by atomic mass is 16.3. The summed E-state index contributed by atoms with van der Waals surface area (Å²) in [5.41, 5.74) is 7.09. The van der Waals surface area contributed by atoms with Crippen LogP contribution < -0.4 is 5.73 Å². The van der Waals surface area contributed by atoms with E-state index in [9.17, 15) is 0 Å². The molecule has 0 aliphatic heterocycles. The van der Waals surface area contributed by atoms with Crippen molar-refractivity contribution >= 4 is 5.82 Å². The number of nitrogens with two attached hydrogens (primary N) is 1. The van der Waals surface area contributed by atoms with Crippen LogP contribution in [0.2, 0.25) is 0 Å². The van der Waals surface area contributed by atoms with E-state index in [-0.39, 0.29) is 6.61 Å². The van der Waals surface area contributed by atoms with E-state index in [4.69, 9.17) is 10.8 Å². The van der Waals surface area contributed by atoms with Gasteiger partial charge in [0.15, 0.2) is 0 Å². The minimum absolute atomic E-state index is 0.0448. The zero-order chi connectivity index (χ0) is 7.72. The van der Waals surface area contributed by atoms with Crippen molar-refractivity contribution in [3.8, 4) is 0 Å². The zero-order valence-electron chi connectivity index (χ0n) is 6.13. The van der Waals surface area contributed by atoms with Crippen LogP contribution in [0.5, 0.6) is 0 Å². The molecular weight excluding hydrogens is 130 g/mol. The Hall–Kier alpha value is -1.03. The molecule has 0 fully saturated rings. The summed E-state index contributed by atoms with van der Waals surface area (Å²) in [6.07, 6.45) is 0. The number of nitrogen functional groups attached to an aromatic ring is 1. The molecule has 1 rings (SSSR count). The molecule has 0 saturated carbocycles. The summed E-state index contributed by atoms with van der Waals surface area (Å²) in [6, 6.07) is 0. The van der Waals surface area contributed by atoms with E-state index in [2.05, 4.69) is 5.10 Å². The maximum atomic E-state index is 8.72. The maximum Gasteiger partial charge on any atom is 0.124 e. The topological polar surface area (TPSA) is 64.1 Å². The maximum absolute atomic E-state index is 8.72. The van der Waals surface area contributed by atoms with Crippen LogP contribution >= 0.6 is 0 Å². The number of aliphatic hydroxyl groups is 1. The predicted octanol–water partition coefficient (Wildman–Crippen LogP) is -0.197. The molecule has 1 aromatic rings. The molecule has 1 aromatic heterocycles. The second-order valence-corrected chi connectivity index (χ2v) is 2.24. The van der Waals surface area contributed by atoms with E-state index < -0.39 is 0 Å². The molecule has 0 aliphatic carbocycles. The van der Waals surface area contributed by atoms with E-state index in [1.807, 2.05) is 6.92 Å². The Kier molecular flexibility index (Phi) is 1.63. The SMILES string of the molecule is Cc1c(CO)nn(C)c1N.